The topological polar surface area (TPSA) is 30.2 Å². The van der Waals surface area contributed by atoms with E-state index in [1.165, 1.54) is 64.3 Å². The van der Waals surface area contributed by atoms with Crippen LogP contribution < -0.4 is 31.8 Å². The van der Waals surface area contributed by atoms with Gasteiger partial charge >= 0.3 is 400 Å². The van der Waals surface area contributed by atoms with Crippen LogP contribution in [0.15, 0.2) is 249 Å². The molecule has 7 heteroatoms. The molecule has 0 fully saturated rings. The molecule has 0 N–H and O–H groups in total. The van der Waals surface area contributed by atoms with Crippen molar-refractivity contribution in [1.29, 1.82) is 0 Å². The minimum absolute atomic E-state index is 0.945. The van der Waals surface area contributed by atoms with E-state index in [0.717, 1.165) is 49.8 Å². The molecule has 0 spiro atoms. The van der Waals surface area contributed by atoms with E-state index in [1.807, 2.05) is 0 Å². The molecular weight excluding hydrogens is 1010 g/mol. The molecule has 0 bridgehead atoms. The molecule has 10 aromatic carbocycles. The van der Waals surface area contributed by atoms with Crippen LogP contribution in [-0.4, -0.2) is 44.6 Å². The number of pyridine rings is 2. The third-order valence-corrected chi connectivity index (χ3v) is 27.8. The Morgan fingerprint density at radius 2 is 0.928 bits per heavy atom. The molecule has 13 rings (SSSR count). The molecule has 0 atom stereocenters. The average Bonchev–Trinajstić information content (AvgIpc) is 3.82. The Bertz CT molecular complexity index is 4150. The molecule has 326 valence electrons. The summed E-state index contributed by atoms with van der Waals surface area (Å²) in [6, 6.07) is 88.6. The molecule has 0 aliphatic rings. The van der Waals surface area contributed by atoms with Gasteiger partial charge in [-0.15, -0.1) is 0 Å². The molecule has 13 aromatic rings. The molecule has 3 aromatic heterocycles. The summed E-state index contributed by atoms with van der Waals surface area (Å²) in [5.41, 5.74) is 4.40. The van der Waals surface area contributed by atoms with Gasteiger partial charge in [0, 0.05) is 0 Å². The summed E-state index contributed by atoms with van der Waals surface area (Å²) in [6.45, 7) is 0. The third kappa shape index (κ3) is 6.84. The van der Waals surface area contributed by atoms with Crippen molar-refractivity contribution in [3.05, 3.63) is 249 Å². The van der Waals surface area contributed by atoms with Gasteiger partial charge in [-0.25, -0.2) is 0 Å². The van der Waals surface area contributed by atoms with Crippen LogP contribution in [0.3, 0.4) is 0 Å². The van der Waals surface area contributed by atoms with Crippen molar-refractivity contribution in [2.45, 2.75) is 0 Å². The van der Waals surface area contributed by atoms with E-state index in [1.54, 1.807) is 0 Å². The standard InChI is InChI=1S/C62H41N3P2Se2/c68-66(45-17-5-1-6-18-45,46-19-7-2-8-20-46)49-32-37-57(63-41-49)44-30-33-51-42(39-44)29-34-55-53-26-14-16-28-56(53)62-64-58-36-31-43(40-59(58)65(62)61(51)55)50-35-38-60(54-27-15-13-25-52(50)54)67(69,47-21-9-3-10-22-47)48-23-11-4-12-24-48/h1-41H. The van der Waals surface area contributed by atoms with Crippen LogP contribution in [0.4, 0.5) is 0 Å². The van der Waals surface area contributed by atoms with Gasteiger partial charge in [0.2, 0.25) is 0 Å². The van der Waals surface area contributed by atoms with E-state index in [2.05, 4.69) is 283 Å². The van der Waals surface area contributed by atoms with Crippen molar-refractivity contribution in [1.82, 2.24) is 14.4 Å². The maximum atomic E-state index is 5.40. The number of hydrogen-bond acceptors (Lipinski definition) is 2. The monoisotopic (exact) mass is 1050 g/mol. The summed E-state index contributed by atoms with van der Waals surface area (Å²) >= 11 is 7.49. The van der Waals surface area contributed by atoms with Gasteiger partial charge in [0.05, 0.1) is 0 Å². The van der Waals surface area contributed by atoms with E-state index < -0.39 is 11.0 Å². The van der Waals surface area contributed by atoms with Crippen molar-refractivity contribution in [2.24, 2.45) is 0 Å². The van der Waals surface area contributed by atoms with Crippen molar-refractivity contribution >= 4 is 133 Å². The SMILES string of the molecule is [Se]=P(c1ccccc1)(c1ccccc1)c1ccc(-c2ccc3c(ccc4c5ccccc5c5nc6ccc(-c7ccc(P(=[Se])(c8ccccc8)c8ccccc8)c8ccccc78)cc6n5c34)c2)nc1. The molecule has 0 saturated carbocycles. The Morgan fingerprint density at radius 3 is 1.55 bits per heavy atom. The second-order valence-electron chi connectivity index (χ2n) is 17.6. The van der Waals surface area contributed by atoms with Gasteiger partial charge in [0.1, 0.15) is 0 Å². The first-order valence-corrected chi connectivity index (χ1v) is 31.1. The Balaban J connectivity index is 0.971. The minimum atomic E-state index is -2.12. The molecular formula is C62H41N3P2Se2. The number of aromatic nitrogens is 3. The van der Waals surface area contributed by atoms with Crippen LogP contribution in [0.1, 0.15) is 0 Å². The maximum absolute atomic E-state index is 5.40. The number of fused-ring (bicyclic) bond motifs is 11. The average molecular weight is 1050 g/mol. The van der Waals surface area contributed by atoms with Crippen molar-refractivity contribution in [3.8, 4) is 22.4 Å². The van der Waals surface area contributed by atoms with Crippen molar-refractivity contribution in [2.75, 3.05) is 0 Å². The van der Waals surface area contributed by atoms with Gasteiger partial charge in [-0.1, -0.05) is 18.2 Å². The van der Waals surface area contributed by atoms with E-state index in [0.29, 0.717) is 0 Å². The number of imidazole rings is 1. The molecule has 0 aliphatic carbocycles. The first-order chi connectivity index (χ1) is 34.0. The van der Waals surface area contributed by atoms with Gasteiger partial charge in [0.15, 0.2) is 0 Å². The summed E-state index contributed by atoms with van der Waals surface area (Å²) < 4.78 is 2.42. The quantitative estimate of drug-likeness (QED) is 0.0862. The van der Waals surface area contributed by atoms with Crippen LogP contribution in [0, 0.1) is 0 Å². The molecule has 69 heavy (non-hydrogen) atoms. The Labute approximate surface area is 415 Å². The summed E-state index contributed by atoms with van der Waals surface area (Å²) in [4.78, 5) is 10.6. The van der Waals surface area contributed by atoms with Gasteiger partial charge in [0.25, 0.3) is 0 Å². The normalized spacial score (nSPS) is 12.2. The Morgan fingerprint density at radius 1 is 0.377 bits per heavy atom. The number of rotatable bonds is 8. The molecule has 3 nitrogen and oxygen atoms in total. The zero-order chi connectivity index (χ0) is 46.1. The van der Waals surface area contributed by atoms with Gasteiger partial charge < -0.3 is 0 Å². The number of nitrogens with zero attached hydrogens (tertiary/aromatic N) is 3. The predicted molar refractivity (Wildman–Crippen MR) is 300 cm³/mol. The summed E-state index contributed by atoms with van der Waals surface area (Å²) in [5, 5.41) is 16.1. The van der Waals surface area contributed by atoms with Crippen LogP contribution in [-0.2, 0) is 0 Å². The molecule has 0 unspecified atom stereocenters. The van der Waals surface area contributed by atoms with E-state index in [9.17, 15) is 0 Å². The van der Waals surface area contributed by atoms with Crippen molar-refractivity contribution < 1.29 is 0 Å². The Hall–Kier alpha value is -6.76. The second-order valence-corrected chi connectivity index (χ2v) is 30.0. The summed E-state index contributed by atoms with van der Waals surface area (Å²) in [7, 11) is 0. The van der Waals surface area contributed by atoms with E-state index >= 15 is 0 Å². The second kappa shape index (κ2) is 17.0. The van der Waals surface area contributed by atoms with Crippen LogP contribution in [0.2, 0.25) is 0 Å². The number of hydrogen-bond donors (Lipinski definition) is 0. The molecule has 0 saturated heterocycles. The molecule has 0 aliphatic heterocycles. The number of benzene rings is 10. The summed E-state index contributed by atoms with van der Waals surface area (Å²) in [6.07, 6.45) is 2.08. The zero-order valence-electron chi connectivity index (χ0n) is 37.2. The molecule has 0 radical (unpaired) electrons. The van der Waals surface area contributed by atoms with E-state index in [-0.39, 0.29) is 0 Å². The zero-order valence-corrected chi connectivity index (χ0v) is 42.4. The van der Waals surface area contributed by atoms with Gasteiger partial charge in [-0.2, -0.15) is 0 Å². The van der Waals surface area contributed by atoms with Gasteiger partial charge in [-0.05, 0) is 0 Å². The fraction of sp³-hybridized carbons (Fsp3) is 0. The molecule has 0 amide bonds. The molecule has 3 heterocycles. The van der Waals surface area contributed by atoms with E-state index in [4.69, 9.17) is 9.97 Å². The fourth-order valence-electron chi connectivity index (χ4n) is 10.5. The van der Waals surface area contributed by atoms with Gasteiger partial charge in [-0.3, -0.25) is 0 Å². The Kier molecular flexibility index (Phi) is 10.5. The first-order valence-electron chi connectivity index (χ1n) is 23.1. The summed E-state index contributed by atoms with van der Waals surface area (Å²) in [5.74, 6) is 0. The van der Waals surface area contributed by atoms with Crippen molar-refractivity contribution in [3.63, 3.8) is 0 Å². The predicted octanol–water partition coefficient (Wildman–Crippen LogP) is 12.6. The third-order valence-electron chi connectivity index (χ3n) is 13.8. The van der Waals surface area contributed by atoms with Crippen LogP contribution >= 0.6 is 11.0 Å². The van der Waals surface area contributed by atoms with Crippen LogP contribution in [0.25, 0.3) is 82.3 Å². The first kappa shape index (κ1) is 42.4. The fourth-order valence-corrected chi connectivity index (χ4v) is 20.7. The van der Waals surface area contributed by atoms with Crippen LogP contribution in [0.5, 0.6) is 0 Å².